The van der Waals surface area contributed by atoms with E-state index in [2.05, 4.69) is 0 Å². The van der Waals surface area contributed by atoms with Gasteiger partial charge in [0.1, 0.15) is 0 Å². The summed E-state index contributed by atoms with van der Waals surface area (Å²) in [6.07, 6.45) is 1.000. The summed E-state index contributed by atoms with van der Waals surface area (Å²) >= 11 is 0. The van der Waals surface area contributed by atoms with Gasteiger partial charge in [-0.15, -0.1) is 0 Å². The van der Waals surface area contributed by atoms with E-state index in [1.54, 1.807) is 12.1 Å². The van der Waals surface area contributed by atoms with Crippen molar-refractivity contribution in [2.75, 3.05) is 12.8 Å². The highest BCUT2D eigenvalue weighted by Gasteiger charge is 2.09. The van der Waals surface area contributed by atoms with Crippen LogP contribution < -0.4 is 5.73 Å². The summed E-state index contributed by atoms with van der Waals surface area (Å²) in [4.78, 5) is 0.256. The summed E-state index contributed by atoms with van der Waals surface area (Å²) in [6, 6.07) is 6.20. The molecule has 4 nitrogen and oxygen atoms in total. The molecule has 0 fully saturated rings. The number of aliphatic hydroxyl groups is 1. The van der Waals surface area contributed by atoms with Crippen LogP contribution in [0.3, 0.4) is 0 Å². The third-order valence-corrected chi connectivity index (χ3v) is 3.26. The summed E-state index contributed by atoms with van der Waals surface area (Å²) in [5.41, 5.74) is 6.00. The van der Waals surface area contributed by atoms with E-state index in [0.717, 1.165) is 6.26 Å². The van der Waals surface area contributed by atoms with Gasteiger partial charge in [0.05, 0.1) is 11.0 Å². The zero-order valence-electron chi connectivity index (χ0n) is 8.55. The Morgan fingerprint density at radius 2 is 1.87 bits per heavy atom. The Morgan fingerprint density at radius 3 is 2.27 bits per heavy atom. The maximum Gasteiger partial charge on any atom is 0.175 e. The van der Waals surface area contributed by atoms with Gasteiger partial charge >= 0.3 is 0 Å². The number of benzene rings is 1. The van der Waals surface area contributed by atoms with Crippen LogP contribution in [-0.4, -0.2) is 26.3 Å². The third kappa shape index (κ3) is 3.30. The normalized spacial score (nSPS) is 13.8. The lowest BCUT2D eigenvalue weighted by molar-refractivity contribution is 0.170. The second-order valence-corrected chi connectivity index (χ2v) is 5.45. The molecule has 0 bridgehead atoms. The Labute approximate surface area is 89.7 Å². The lowest BCUT2D eigenvalue weighted by Gasteiger charge is -2.09. The van der Waals surface area contributed by atoms with Crippen molar-refractivity contribution in [3.8, 4) is 0 Å². The molecule has 0 unspecified atom stereocenters. The Hall–Kier alpha value is -0.910. The first-order valence-corrected chi connectivity index (χ1v) is 6.52. The average Bonchev–Trinajstić information content (AvgIpc) is 2.17. The number of rotatable bonds is 4. The summed E-state index contributed by atoms with van der Waals surface area (Å²) in [5.74, 6) is 0. The molecule has 0 aliphatic heterocycles. The fourth-order valence-electron chi connectivity index (χ4n) is 1.26. The molecular formula is C10H15NO3S. The molecule has 0 radical (unpaired) electrons. The van der Waals surface area contributed by atoms with Crippen LogP contribution >= 0.6 is 0 Å². The first-order chi connectivity index (χ1) is 6.95. The molecule has 5 heteroatoms. The lowest BCUT2D eigenvalue weighted by atomic mass is 10.1. The minimum absolute atomic E-state index is 0.256. The van der Waals surface area contributed by atoms with E-state index in [1.807, 2.05) is 0 Å². The van der Waals surface area contributed by atoms with Crippen molar-refractivity contribution in [3.63, 3.8) is 0 Å². The van der Waals surface area contributed by atoms with Crippen molar-refractivity contribution in [2.45, 2.75) is 17.4 Å². The van der Waals surface area contributed by atoms with Crippen LogP contribution in [0.25, 0.3) is 0 Å². The van der Waals surface area contributed by atoms with Crippen LogP contribution in [-0.2, 0) is 9.84 Å². The zero-order valence-corrected chi connectivity index (χ0v) is 9.37. The van der Waals surface area contributed by atoms with E-state index in [-0.39, 0.29) is 4.90 Å². The van der Waals surface area contributed by atoms with Gasteiger partial charge in [0.15, 0.2) is 9.84 Å². The molecule has 0 heterocycles. The van der Waals surface area contributed by atoms with Crippen LogP contribution in [0.4, 0.5) is 0 Å². The Morgan fingerprint density at radius 1 is 1.33 bits per heavy atom. The molecule has 0 amide bonds. The quantitative estimate of drug-likeness (QED) is 0.786. The fraction of sp³-hybridized carbons (Fsp3) is 0.400. The van der Waals surface area contributed by atoms with Crippen LogP contribution in [0.15, 0.2) is 29.2 Å². The molecule has 0 saturated heterocycles. The highest BCUT2D eigenvalue weighted by Crippen LogP contribution is 2.18. The highest BCUT2D eigenvalue weighted by molar-refractivity contribution is 7.90. The molecule has 3 N–H and O–H groups in total. The molecule has 1 atom stereocenters. The predicted molar refractivity (Wildman–Crippen MR) is 58.2 cm³/mol. The lowest BCUT2D eigenvalue weighted by Crippen LogP contribution is -2.07. The zero-order chi connectivity index (χ0) is 11.5. The third-order valence-electron chi connectivity index (χ3n) is 2.13. The van der Waals surface area contributed by atoms with Crippen molar-refractivity contribution in [1.82, 2.24) is 0 Å². The molecule has 1 aromatic carbocycles. The maximum atomic E-state index is 11.2. The number of hydrogen-bond donors (Lipinski definition) is 2. The van der Waals surface area contributed by atoms with Gasteiger partial charge in [0, 0.05) is 6.26 Å². The van der Waals surface area contributed by atoms with E-state index in [0.29, 0.717) is 18.5 Å². The monoisotopic (exact) mass is 229 g/mol. The van der Waals surface area contributed by atoms with Crippen LogP contribution in [0, 0.1) is 0 Å². The Kier molecular flexibility index (Phi) is 3.84. The SMILES string of the molecule is CS(=O)(=O)c1ccc([C@@H](O)CCN)cc1. The van der Waals surface area contributed by atoms with Gasteiger partial charge in [-0.05, 0) is 30.7 Å². The Balaban J connectivity index is 2.90. The molecule has 1 aromatic rings. The molecule has 0 saturated carbocycles. The molecule has 0 aromatic heterocycles. The van der Waals surface area contributed by atoms with Gasteiger partial charge in [-0.2, -0.15) is 0 Å². The molecule has 0 aliphatic carbocycles. The number of sulfone groups is 1. The average molecular weight is 229 g/mol. The minimum Gasteiger partial charge on any atom is -0.388 e. The number of hydrogen-bond acceptors (Lipinski definition) is 4. The largest absolute Gasteiger partial charge is 0.388 e. The van der Waals surface area contributed by atoms with Gasteiger partial charge in [-0.3, -0.25) is 0 Å². The van der Waals surface area contributed by atoms with E-state index in [9.17, 15) is 13.5 Å². The van der Waals surface area contributed by atoms with Crippen molar-refractivity contribution in [3.05, 3.63) is 29.8 Å². The van der Waals surface area contributed by atoms with Crippen LogP contribution in [0.1, 0.15) is 18.1 Å². The van der Waals surface area contributed by atoms with Crippen LogP contribution in [0.5, 0.6) is 0 Å². The van der Waals surface area contributed by atoms with Crippen molar-refractivity contribution >= 4 is 9.84 Å². The summed E-state index contributed by atoms with van der Waals surface area (Å²) < 4.78 is 22.3. The molecule has 1 rings (SSSR count). The molecule has 0 aliphatic rings. The predicted octanol–water partition coefficient (Wildman–Crippen LogP) is 0.472. The van der Waals surface area contributed by atoms with E-state index in [4.69, 9.17) is 5.73 Å². The minimum atomic E-state index is -3.16. The Bertz CT molecular complexity index is 411. The number of aliphatic hydroxyl groups excluding tert-OH is 1. The topological polar surface area (TPSA) is 80.4 Å². The molecule has 15 heavy (non-hydrogen) atoms. The first-order valence-electron chi connectivity index (χ1n) is 4.63. The van der Waals surface area contributed by atoms with Gasteiger partial charge in [0.25, 0.3) is 0 Å². The van der Waals surface area contributed by atoms with Gasteiger partial charge in [0.2, 0.25) is 0 Å². The smallest absolute Gasteiger partial charge is 0.175 e. The maximum absolute atomic E-state index is 11.2. The summed E-state index contributed by atoms with van der Waals surface area (Å²) in [6.45, 7) is 0.398. The van der Waals surface area contributed by atoms with Crippen molar-refractivity contribution < 1.29 is 13.5 Å². The first kappa shape index (κ1) is 12.2. The van der Waals surface area contributed by atoms with Gasteiger partial charge in [-0.1, -0.05) is 12.1 Å². The summed E-state index contributed by atoms with van der Waals surface area (Å²) in [5, 5.41) is 9.58. The van der Waals surface area contributed by atoms with Crippen LogP contribution in [0.2, 0.25) is 0 Å². The molecule has 84 valence electrons. The standard InChI is InChI=1S/C10H15NO3S/c1-15(13,14)9-4-2-8(3-5-9)10(12)6-7-11/h2-5,10,12H,6-7,11H2,1H3/t10-/m0/s1. The van der Waals surface area contributed by atoms with Gasteiger partial charge in [-0.25, -0.2) is 8.42 Å². The second-order valence-electron chi connectivity index (χ2n) is 3.43. The molecule has 0 spiro atoms. The fourth-order valence-corrected chi connectivity index (χ4v) is 1.89. The van der Waals surface area contributed by atoms with E-state index >= 15 is 0 Å². The van der Waals surface area contributed by atoms with Gasteiger partial charge < -0.3 is 10.8 Å². The summed E-state index contributed by atoms with van der Waals surface area (Å²) in [7, 11) is -3.16. The van der Waals surface area contributed by atoms with E-state index in [1.165, 1.54) is 12.1 Å². The molecular weight excluding hydrogens is 214 g/mol. The second kappa shape index (κ2) is 4.74. The van der Waals surface area contributed by atoms with Crippen molar-refractivity contribution in [1.29, 1.82) is 0 Å². The number of nitrogens with two attached hydrogens (primary N) is 1. The van der Waals surface area contributed by atoms with Crippen molar-refractivity contribution in [2.24, 2.45) is 5.73 Å². The van der Waals surface area contributed by atoms with E-state index < -0.39 is 15.9 Å². The highest BCUT2D eigenvalue weighted by atomic mass is 32.2.